The number of phenolic OH excluding ortho intramolecular Hbond substituents is 1. The van der Waals surface area contributed by atoms with Crippen LogP contribution in [0.1, 0.15) is 15.9 Å². The Kier molecular flexibility index (Phi) is 5.03. The Balaban J connectivity index is 1.78. The van der Waals surface area contributed by atoms with Crippen molar-refractivity contribution in [3.63, 3.8) is 0 Å². The Labute approximate surface area is 168 Å². The van der Waals surface area contributed by atoms with Crippen LogP contribution in [0.15, 0.2) is 95.2 Å². The molecule has 0 aromatic heterocycles. The van der Waals surface area contributed by atoms with Crippen molar-refractivity contribution in [1.29, 1.82) is 0 Å². The molecule has 0 fully saturated rings. The third-order valence-corrected chi connectivity index (χ3v) is 4.66. The first kappa shape index (κ1) is 18.4. The van der Waals surface area contributed by atoms with Gasteiger partial charge >= 0.3 is 0 Å². The van der Waals surface area contributed by atoms with E-state index in [2.05, 4.69) is 15.5 Å². The van der Waals surface area contributed by atoms with Gasteiger partial charge in [0.2, 0.25) is 0 Å². The summed E-state index contributed by atoms with van der Waals surface area (Å²) in [5, 5.41) is 23.5. The molecule has 0 radical (unpaired) electrons. The maximum Gasteiger partial charge on any atom is 0.259 e. The molecule has 0 saturated heterocycles. The number of fused-ring (bicyclic) bond motifs is 1. The van der Waals surface area contributed by atoms with E-state index in [-0.39, 0.29) is 11.3 Å². The monoisotopic (exact) mass is 381 g/mol. The lowest BCUT2D eigenvalue weighted by Gasteiger charge is -2.12. The van der Waals surface area contributed by atoms with E-state index in [1.54, 1.807) is 12.1 Å². The fraction of sp³-hybridized carbons (Fsp3) is 0.0417. The van der Waals surface area contributed by atoms with Gasteiger partial charge in [-0.1, -0.05) is 60.7 Å². The summed E-state index contributed by atoms with van der Waals surface area (Å²) in [5.41, 5.74) is 2.99. The third kappa shape index (κ3) is 3.84. The number of carbonyl (C=O) groups excluding carboxylic acids is 1. The molecule has 2 N–H and O–H groups in total. The van der Waals surface area contributed by atoms with Crippen molar-refractivity contribution in [2.45, 2.75) is 6.92 Å². The van der Waals surface area contributed by atoms with Crippen LogP contribution in [0.5, 0.6) is 5.75 Å². The van der Waals surface area contributed by atoms with Crippen molar-refractivity contribution >= 4 is 33.7 Å². The number of hydrogen-bond acceptors (Lipinski definition) is 4. The summed E-state index contributed by atoms with van der Waals surface area (Å²) in [5.74, 6) is -0.482. The first-order valence-corrected chi connectivity index (χ1v) is 9.22. The average molecular weight is 381 g/mol. The zero-order valence-corrected chi connectivity index (χ0v) is 15.8. The number of hydrogen-bond donors (Lipinski definition) is 2. The minimum absolute atomic E-state index is 0.0784. The molecule has 4 aromatic carbocycles. The number of para-hydroxylation sites is 1. The van der Waals surface area contributed by atoms with E-state index >= 15 is 0 Å². The standard InChI is InChI=1S/C24H19N3O2/c1-16-9-5-8-14-21(16)25-24(29)20-15-22(27-26-17-10-3-2-4-11-17)18-12-6-7-13-19(18)23(20)28/h2-15,28H,1H3,(H,25,29). The summed E-state index contributed by atoms with van der Waals surface area (Å²) in [7, 11) is 0. The summed E-state index contributed by atoms with van der Waals surface area (Å²) in [4.78, 5) is 12.9. The fourth-order valence-electron chi connectivity index (χ4n) is 3.11. The highest BCUT2D eigenvalue weighted by molar-refractivity contribution is 6.12. The van der Waals surface area contributed by atoms with Gasteiger partial charge in [-0.25, -0.2) is 0 Å². The quantitative estimate of drug-likeness (QED) is 0.395. The van der Waals surface area contributed by atoms with Crippen molar-refractivity contribution < 1.29 is 9.90 Å². The van der Waals surface area contributed by atoms with Crippen LogP contribution >= 0.6 is 0 Å². The van der Waals surface area contributed by atoms with Crippen LogP contribution in [-0.4, -0.2) is 11.0 Å². The molecule has 4 rings (SSSR count). The second-order valence-electron chi connectivity index (χ2n) is 6.64. The molecule has 29 heavy (non-hydrogen) atoms. The van der Waals surface area contributed by atoms with Gasteiger partial charge < -0.3 is 10.4 Å². The molecule has 0 aliphatic carbocycles. The van der Waals surface area contributed by atoms with Gasteiger partial charge in [-0.3, -0.25) is 4.79 Å². The molecular weight excluding hydrogens is 362 g/mol. The smallest absolute Gasteiger partial charge is 0.259 e. The number of rotatable bonds is 4. The van der Waals surface area contributed by atoms with Gasteiger partial charge in [0, 0.05) is 16.5 Å². The van der Waals surface area contributed by atoms with Gasteiger partial charge in [0.1, 0.15) is 5.75 Å². The van der Waals surface area contributed by atoms with Crippen LogP contribution in [0.3, 0.4) is 0 Å². The first-order valence-electron chi connectivity index (χ1n) is 9.22. The highest BCUT2D eigenvalue weighted by Gasteiger charge is 2.18. The maximum atomic E-state index is 12.9. The van der Waals surface area contributed by atoms with Gasteiger partial charge in [-0.05, 0) is 36.8 Å². The number of anilines is 1. The largest absolute Gasteiger partial charge is 0.506 e. The van der Waals surface area contributed by atoms with Gasteiger partial charge in [-0.2, -0.15) is 5.11 Å². The minimum atomic E-state index is -0.404. The van der Waals surface area contributed by atoms with Crippen LogP contribution in [0.4, 0.5) is 17.1 Å². The predicted octanol–water partition coefficient (Wildman–Crippen LogP) is 6.52. The molecule has 1 amide bonds. The molecule has 0 spiro atoms. The van der Waals surface area contributed by atoms with Crippen molar-refractivity contribution in [3.05, 3.63) is 96.1 Å². The van der Waals surface area contributed by atoms with Crippen molar-refractivity contribution in [3.8, 4) is 5.75 Å². The molecule has 142 valence electrons. The van der Waals surface area contributed by atoms with Crippen LogP contribution < -0.4 is 5.32 Å². The lowest BCUT2D eigenvalue weighted by molar-refractivity contribution is 0.102. The number of nitrogens with zero attached hydrogens (tertiary/aromatic N) is 2. The molecule has 5 heteroatoms. The minimum Gasteiger partial charge on any atom is -0.506 e. The molecule has 0 saturated carbocycles. The Bertz CT molecular complexity index is 1220. The van der Waals surface area contributed by atoms with Crippen molar-refractivity contribution in [1.82, 2.24) is 0 Å². The summed E-state index contributed by atoms with van der Waals surface area (Å²) >= 11 is 0. The highest BCUT2D eigenvalue weighted by Crippen LogP contribution is 2.37. The van der Waals surface area contributed by atoms with E-state index in [9.17, 15) is 9.90 Å². The summed E-state index contributed by atoms with van der Waals surface area (Å²) < 4.78 is 0. The average Bonchev–Trinajstić information content (AvgIpc) is 2.76. The topological polar surface area (TPSA) is 74.0 Å². The van der Waals surface area contributed by atoms with Crippen molar-refractivity contribution in [2.24, 2.45) is 10.2 Å². The molecule has 0 atom stereocenters. The van der Waals surface area contributed by atoms with Gasteiger partial charge in [-0.15, -0.1) is 5.11 Å². The lowest BCUT2D eigenvalue weighted by atomic mass is 10.0. The number of phenols is 1. The SMILES string of the molecule is Cc1ccccc1NC(=O)c1cc(N=Nc2ccccc2)c2ccccc2c1O. The second-order valence-corrected chi connectivity index (χ2v) is 6.64. The second kappa shape index (κ2) is 7.94. The van der Waals surface area contributed by atoms with E-state index in [4.69, 9.17) is 0 Å². The molecule has 0 unspecified atom stereocenters. The van der Waals surface area contributed by atoms with E-state index in [0.717, 1.165) is 10.9 Å². The molecule has 0 bridgehead atoms. The number of azo groups is 1. The Morgan fingerprint density at radius 1 is 0.828 bits per heavy atom. The maximum absolute atomic E-state index is 12.9. The Hall–Kier alpha value is -3.99. The highest BCUT2D eigenvalue weighted by atomic mass is 16.3. The van der Waals surface area contributed by atoms with Crippen LogP contribution in [0.2, 0.25) is 0 Å². The summed E-state index contributed by atoms with van der Waals surface area (Å²) in [6.07, 6.45) is 0. The number of aromatic hydroxyl groups is 1. The number of nitrogens with one attached hydrogen (secondary N) is 1. The van der Waals surface area contributed by atoms with Crippen LogP contribution in [0.25, 0.3) is 10.8 Å². The van der Waals surface area contributed by atoms with E-state index in [1.165, 1.54) is 0 Å². The first-order chi connectivity index (χ1) is 14.1. The molecule has 0 aliphatic rings. The van der Waals surface area contributed by atoms with E-state index < -0.39 is 5.91 Å². The zero-order valence-electron chi connectivity index (χ0n) is 15.8. The van der Waals surface area contributed by atoms with Crippen molar-refractivity contribution in [2.75, 3.05) is 5.32 Å². The molecule has 0 heterocycles. The molecule has 5 nitrogen and oxygen atoms in total. The third-order valence-electron chi connectivity index (χ3n) is 4.66. The molecule has 4 aromatic rings. The number of aryl methyl sites for hydroxylation is 1. The Morgan fingerprint density at radius 3 is 2.24 bits per heavy atom. The summed E-state index contributed by atoms with van der Waals surface area (Å²) in [6, 6.07) is 25.7. The number of benzene rings is 4. The number of amides is 1. The van der Waals surface area contributed by atoms with E-state index in [0.29, 0.717) is 22.4 Å². The van der Waals surface area contributed by atoms with Crippen LogP contribution in [0, 0.1) is 6.92 Å². The number of carbonyl (C=O) groups is 1. The molecule has 0 aliphatic heterocycles. The lowest BCUT2D eigenvalue weighted by Crippen LogP contribution is -2.13. The Morgan fingerprint density at radius 2 is 1.48 bits per heavy atom. The van der Waals surface area contributed by atoms with Gasteiger partial charge in [0.25, 0.3) is 5.91 Å². The van der Waals surface area contributed by atoms with Gasteiger partial charge in [0.05, 0.1) is 16.9 Å². The van der Waals surface area contributed by atoms with Gasteiger partial charge in [0.15, 0.2) is 0 Å². The normalized spacial score (nSPS) is 11.1. The van der Waals surface area contributed by atoms with Crippen LogP contribution in [-0.2, 0) is 0 Å². The fourth-order valence-corrected chi connectivity index (χ4v) is 3.11. The summed E-state index contributed by atoms with van der Waals surface area (Å²) in [6.45, 7) is 1.91. The molecular formula is C24H19N3O2. The zero-order chi connectivity index (χ0) is 20.2. The predicted molar refractivity (Wildman–Crippen MR) is 115 cm³/mol. The van der Waals surface area contributed by atoms with E-state index in [1.807, 2.05) is 79.7 Å².